The smallest absolute Gasteiger partial charge is 0.133 e. The van der Waals surface area contributed by atoms with E-state index in [-0.39, 0.29) is 0 Å². The van der Waals surface area contributed by atoms with E-state index in [1.807, 2.05) is 0 Å². The van der Waals surface area contributed by atoms with Crippen molar-refractivity contribution >= 4 is 0 Å². The molecule has 2 aromatic rings. The third-order valence-corrected chi connectivity index (χ3v) is 3.75. The molecule has 1 heterocycles. The second-order valence-corrected chi connectivity index (χ2v) is 5.56. The van der Waals surface area contributed by atoms with Crippen molar-refractivity contribution < 1.29 is 0 Å². The molecule has 0 aliphatic carbocycles. The summed E-state index contributed by atoms with van der Waals surface area (Å²) in [6.07, 6.45) is 1.80. The summed E-state index contributed by atoms with van der Waals surface area (Å²) < 4.78 is 0. The molecule has 0 saturated heterocycles. The Labute approximate surface area is 127 Å². The van der Waals surface area contributed by atoms with Crippen LogP contribution in [0.2, 0.25) is 0 Å². The maximum absolute atomic E-state index is 4.69. The molecule has 1 aromatic carbocycles. The predicted molar refractivity (Wildman–Crippen MR) is 87.7 cm³/mol. The molecule has 0 unspecified atom stereocenters. The van der Waals surface area contributed by atoms with Crippen LogP contribution in [0.1, 0.15) is 40.8 Å². The summed E-state index contributed by atoms with van der Waals surface area (Å²) in [7, 11) is 0. The Kier molecular flexibility index (Phi) is 5.45. The average molecular weight is 283 g/mol. The van der Waals surface area contributed by atoms with E-state index in [0.717, 1.165) is 43.1 Å². The number of benzene rings is 1. The second kappa shape index (κ2) is 7.32. The number of aryl methyl sites for hydroxylation is 3. The van der Waals surface area contributed by atoms with Gasteiger partial charge in [0.05, 0.1) is 0 Å². The Balaban J connectivity index is 2.13. The van der Waals surface area contributed by atoms with Crippen molar-refractivity contribution in [2.24, 2.45) is 0 Å². The summed E-state index contributed by atoms with van der Waals surface area (Å²) in [5.41, 5.74) is 6.05. The van der Waals surface area contributed by atoms with E-state index in [9.17, 15) is 0 Å². The van der Waals surface area contributed by atoms with Crippen LogP contribution in [0.5, 0.6) is 0 Å². The standard InChI is InChI=1S/C18H25N3/c1-5-19-11-10-17-14(3)20-18(21-15(17)4)12-16-8-6-13(2)7-9-16/h6-9,19H,5,10-12H2,1-4H3. The lowest BCUT2D eigenvalue weighted by molar-refractivity contribution is 0.705. The molecule has 3 nitrogen and oxygen atoms in total. The first-order valence-corrected chi connectivity index (χ1v) is 7.69. The molecule has 0 radical (unpaired) electrons. The Morgan fingerprint density at radius 2 is 1.57 bits per heavy atom. The van der Waals surface area contributed by atoms with Gasteiger partial charge in [-0.2, -0.15) is 0 Å². The van der Waals surface area contributed by atoms with Crippen molar-refractivity contribution in [1.29, 1.82) is 0 Å². The van der Waals surface area contributed by atoms with E-state index in [1.54, 1.807) is 0 Å². The van der Waals surface area contributed by atoms with Crippen molar-refractivity contribution in [3.05, 3.63) is 58.2 Å². The van der Waals surface area contributed by atoms with Crippen molar-refractivity contribution in [3.63, 3.8) is 0 Å². The Morgan fingerprint density at radius 1 is 0.952 bits per heavy atom. The van der Waals surface area contributed by atoms with E-state index in [0.29, 0.717) is 0 Å². The molecule has 0 aliphatic rings. The molecular formula is C18H25N3. The van der Waals surface area contributed by atoms with Crippen LogP contribution in [0.3, 0.4) is 0 Å². The van der Waals surface area contributed by atoms with E-state index in [1.165, 1.54) is 16.7 Å². The van der Waals surface area contributed by atoms with Crippen LogP contribution >= 0.6 is 0 Å². The number of nitrogens with one attached hydrogen (secondary N) is 1. The Bertz CT molecular complexity index is 565. The van der Waals surface area contributed by atoms with Gasteiger partial charge in [-0.05, 0) is 51.4 Å². The fourth-order valence-corrected chi connectivity index (χ4v) is 2.53. The van der Waals surface area contributed by atoms with Crippen molar-refractivity contribution in [2.45, 2.75) is 40.5 Å². The highest BCUT2D eigenvalue weighted by molar-refractivity contribution is 5.28. The van der Waals surface area contributed by atoms with Gasteiger partial charge < -0.3 is 5.32 Å². The highest BCUT2D eigenvalue weighted by Crippen LogP contribution is 2.13. The van der Waals surface area contributed by atoms with Crippen LogP contribution < -0.4 is 5.32 Å². The minimum atomic E-state index is 0.801. The van der Waals surface area contributed by atoms with Crippen molar-refractivity contribution in [2.75, 3.05) is 13.1 Å². The summed E-state index contributed by atoms with van der Waals surface area (Å²) in [5, 5.41) is 3.36. The molecule has 3 heteroatoms. The fraction of sp³-hybridized carbons (Fsp3) is 0.444. The normalized spacial score (nSPS) is 10.9. The molecule has 0 bridgehead atoms. The zero-order chi connectivity index (χ0) is 15.2. The molecule has 112 valence electrons. The molecule has 1 aromatic heterocycles. The lowest BCUT2D eigenvalue weighted by Gasteiger charge is -2.11. The van der Waals surface area contributed by atoms with E-state index < -0.39 is 0 Å². The zero-order valence-corrected chi connectivity index (χ0v) is 13.5. The molecule has 0 atom stereocenters. The molecule has 21 heavy (non-hydrogen) atoms. The molecule has 2 rings (SSSR count). The first kappa shape index (κ1) is 15.6. The fourth-order valence-electron chi connectivity index (χ4n) is 2.53. The second-order valence-electron chi connectivity index (χ2n) is 5.56. The summed E-state index contributed by atoms with van der Waals surface area (Å²) in [6, 6.07) is 8.59. The van der Waals surface area contributed by atoms with Crippen LogP contribution in [0.4, 0.5) is 0 Å². The minimum Gasteiger partial charge on any atom is -0.317 e. The quantitative estimate of drug-likeness (QED) is 0.828. The van der Waals surface area contributed by atoms with E-state index in [4.69, 9.17) is 9.97 Å². The monoisotopic (exact) mass is 283 g/mol. The van der Waals surface area contributed by atoms with Gasteiger partial charge in [-0.3, -0.25) is 0 Å². The molecule has 0 amide bonds. The van der Waals surface area contributed by atoms with E-state index in [2.05, 4.69) is 57.3 Å². The summed E-state index contributed by atoms with van der Waals surface area (Å²) in [6.45, 7) is 10.4. The van der Waals surface area contributed by atoms with Crippen molar-refractivity contribution in [1.82, 2.24) is 15.3 Å². The van der Waals surface area contributed by atoms with Gasteiger partial charge in [-0.25, -0.2) is 9.97 Å². The van der Waals surface area contributed by atoms with Crippen LogP contribution in [-0.4, -0.2) is 23.1 Å². The van der Waals surface area contributed by atoms with Crippen LogP contribution in [0.15, 0.2) is 24.3 Å². The first-order valence-electron chi connectivity index (χ1n) is 7.69. The van der Waals surface area contributed by atoms with Gasteiger partial charge in [0.25, 0.3) is 0 Å². The third kappa shape index (κ3) is 4.36. The topological polar surface area (TPSA) is 37.8 Å². The number of aromatic nitrogens is 2. The molecule has 0 spiro atoms. The van der Waals surface area contributed by atoms with Gasteiger partial charge in [-0.1, -0.05) is 36.8 Å². The molecule has 0 aliphatic heterocycles. The number of nitrogens with zero attached hydrogens (tertiary/aromatic N) is 2. The number of hydrogen-bond donors (Lipinski definition) is 1. The SMILES string of the molecule is CCNCCc1c(C)nc(Cc2ccc(C)cc2)nc1C. The summed E-state index contributed by atoms with van der Waals surface area (Å²) in [5.74, 6) is 0.918. The van der Waals surface area contributed by atoms with Gasteiger partial charge >= 0.3 is 0 Å². The Hall–Kier alpha value is -1.74. The first-order chi connectivity index (χ1) is 10.1. The zero-order valence-electron chi connectivity index (χ0n) is 13.5. The maximum atomic E-state index is 4.69. The number of likely N-dealkylation sites (N-methyl/N-ethyl adjacent to an activating group) is 1. The number of rotatable bonds is 6. The molecule has 0 fully saturated rings. The highest BCUT2D eigenvalue weighted by atomic mass is 14.9. The Morgan fingerprint density at radius 3 is 2.14 bits per heavy atom. The third-order valence-electron chi connectivity index (χ3n) is 3.75. The van der Waals surface area contributed by atoms with Gasteiger partial charge in [0.15, 0.2) is 0 Å². The largest absolute Gasteiger partial charge is 0.317 e. The summed E-state index contributed by atoms with van der Waals surface area (Å²) >= 11 is 0. The van der Waals surface area contributed by atoms with Gasteiger partial charge in [0.1, 0.15) is 5.82 Å². The lowest BCUT2D eigenvalue weighted by Crippen LogP contribution is -2.18. The average Bonchev–Trinajstić information content (AvgIpc) is 2.44. The van der Waals surface area contributed by atoms with Crippen LogP contribution in [0, 0.1) is 20.8 Å². The number of hydrogen-bond acceptors (Lipinski definition) is 3. The molecule has 0 saturated carbocycles. The van der Waals surface area contributed by atoms with Crippen molar-refractivity contribution in [3.8, 4) is 0 Å². The highest BCUT2D eigenvalue weighted by Gasteiger charge is 2.08. The van der Waals surface area contributed by atoms with E-state index >= 15 is 0 Å². The maximum Gasteiger partial charge on any atom is 0.133 e. The molecular weight excluding hydrogens is 258 g/mol. The van der Waals surface area contributed by atoms with Gasteiger partial charge in [-0.15, -0.1) is 0 Å². The van der Waals surface area contributed by atoms with Gasteiger partial charge in [0.2, 0.25) is 0 Å². The van der Waals surface area contributed by atoms with Crippen LogP contribution in [-0.2, 0) is 12.8 Å². The van der Waals surface area contributed by atoms with Crippen LogP contribution in [0.25, 0.3) is 0 Å². The molecule has 1 N–H and O–H groups in total. The lowest BCUT2D eigenvalue weighted by atomic mass is 10.1. The predicted octanol–water partition coefficient (Wildman–Crippen LogP) is 3.14. The summed E-state index contributed by atoms with van der Waals surface area (Å²) in [4.78, 5) is 9.38. The van der Waals surface area contributed by atoms with Gasteiger partial charge in [0, 0.05) is 17.8 Å². The minimum absolute atomic E-state index is 0.801.